The quantitative estimate of drug-likeness (QED) is 0.213. The first-order chi connectivity index (χ1) is 21.7. The van der Waals surface area contributed by atoms with E-state index in [-0.39, 0.29) is 37.4 Å². The number of aliphatic hydroxyl groups excluding tert-OH is 1. The van der Waals surface area contributed by atoms with Crippen molar-refractivity contribution in [3.05, 3.63) is 84.4 Å². The Hall–Kier alpha value is -3.46. The first kappa shape index (κ1) is 32.9. The van der Waals surface area contributed by atoms with Gasteiger partial charge >= 0.3 is 0 Å². The highest BCUT2D eigenvalue weighted by Crippen LogP contribution is 2.65. The molecular weight excluding hydrogens is 590 g/mol. The number of halogens is 1. The van der Waals surface area contributed by atoms with E-state index in [4.69, 9.17) is 16.3 Å². The topological polar surface area (TPSA) is 90.4 Å². The fraction of sp³-hybridized carbons (Fsp3) is 0.472. The number of ether oxygens (including phenoxy) is 1. The van der Waals surface area contributed by atoms with Crippen molar-refractivity contribution in [1.29, 1.82) is 0 Å². The summed E-state index contributed by atoms with van der Waals surface area (Å²) in [7, 11) is 0. The molecule has 0 aliphatic carbocycles. The van der Waals surface area contributed by atoms with E-state index in [0.29, 0.717) is 55.8 Å². The number of carbonyl (C=O) groups is 3. The molecule has 5 atom stereocenters. The van der Waals surface area contributed by atoms with Gasteiger partial charge in [0.25, 0.3) is 5.91 Å². The van der Waals surface area contributed by atoms with Gasteiger partial charge in [-0.2, -0.15) is 0 Å². The number of nitrogens with zero attached hydrogens (tertiary/aromatic N) is 3. The van der Waals surface area contributed by atoms with Gasteiger partial charge in [-0.15, -0.1) is 13.2 Å². The maximum atomic E-state index is 14.9. The smallest absolute Gasteiger partial charge is 0.253 e. The van der Waals surface area contributed by atoms with Crippen LogP contribution in [0.4, 0.5) is 11.4 Å². The summed E-state index contributed by atoms with van der Waals surface area (Å²) < 4.78 is 7.02. The Balaban J connectivity index is 1.62. The molecule has 8 nitrogen and oxygen atoms in total. The van der Waals surface area contributed by atoms with Gasteiger partial charge in [0.05, 0.1) is 28.1 Å². The molecule has 3 aliphatic heterocycles. The Morgan fingerprint density at radius 1 is 1.02 bits per heavy atom. The molecule has 0 radical (unpaired) electrons. The van der Waals surface area contributed by atoms with Crippen molar-refractivity contribution in [1.82, 2.24) is 4.90 Å². The highest BCUT2D eigenvalue weighted by atomic mass is 35.5. The Morgan fingerprint density at radius 2 is 1.73 bits per heavy atom. The molecule has 3 saturated heterocycles. The number of anilines is 2. The van der Waals surface area contributed by atoms with Crippen molar-refractivity contribution < 1.29 is 24.2 Å². The molecule has 1 spiro atoms. The monoisotopic (exact) mass is 633 g/mol. The van der Waals surface area contributed by atoms with E-state index in [9.17, 15) is 19.5 Å². The van der Waals surface area contributed by atoms with E-state index in [1.54, 1.807) is 32.9 Å². The normalized spacial score (nSPS) is 26.5. The van der Waals surface area contributed by atoms with Crippen LogP contribution in [0.1, 0.15) is 51.0 Å². The average Bonchev–Trinajstić information content (AvgIpc) is 3.64. The van der Waals surface area contributed by atoms with Crippen molar-refractivity contribution in [2.75, 3.05) is 36.0 Å². The highest BCUT2D eigenvalue weighted by molar-refractivity contribution is 6.34. The Labute approximate surface area is 271 Å². The van der Waals surface area contributed by atoms with Crippen LogP contribution in [0.2, 0.25) is 5.02 Å². The predicted octanol–water partition coefficient (Wildman–Crippen LogP) is 5.70. The molecule has 1 N–H and O–H groups in total. The lowest BCUT2D eigenvalue weighted by Crippen LogP contribution is -2.57. The average molecular weight is 634 g/mol. The fourth-order valence-electron chi connectivity index (χ4n) is 7.94. The third-order valence-corrected chi connectivity index (χ3v) is 10.2. The van der Waals surface area contributed by atoms with Crippen LogP contribution in [-0.4, -0.2) is 71.2 Å². The van der Waals surface area contributed by atoms with Crippen LogP contribution in [0.15, 0.2) is 73.8 Å². The SMILES string of the molecule is C=CCN(C(=O)[C@H]1[C@H]2C(=O)N(CCCCCO)C(C(=O)N(CC=C)c3c(C)cccc3Cl)C23CC[C@]1(CC)O3)c1ccccc1. The molecule has 0 aromatic heterocycles. The van der Waals surface area contributed by atoms with E-state index < -0.39 is 29.1 Å². The summed E-state index contributed by atoms with van der Waals surface area (Å²) in [5.41, 5.74) is 0.0608. The van der Waals surface area contributed by atoms with Crippen molar-refractivity contribution in [3.63, 3.8) is 0 Å². The number of aryl methyl sites for hydroxylation is 1. The first-order valence-electron chi connectivity index (χ1n) is 16.0. The number of para-hydroxylation sites is 2. The summed E-state index contributed by atoms with van der Waals surface area (Å²) >= 11 is 6.69. The maximum Gasteiger partial charge on any atom is 0.253 e. The lowest BCUT2D eigenvalue weighted by atomic mass is 9.64. The summed E-state index contributed by atoms with van der Waals surface area (Å²) in [6.45, 7) is 12.5. The largest absolute Gasteiger partial charge is 0.396 e. The molecule has 3 aliphatic rings. The third-order valence-electron chi connectivity index (χ3n) is 9.92. The minimum Gasteiger partial charge on any atom is -0.396 e. The van der Waals surface area contributed by atoms with E-state index >= 15 is 0 Å². The zero-order valence-corrected chi connectivity index (χ0v) is 27.0. The molecule has 3 fully saturated rings. The molecule has 3 heterocycles. The molecular formula is C36H44ClN3O5. The van der Waals surface area contributed by atoms with E-state index in [1.165, 1.54) is 0 Å². The van der Waals surface area contributed by atoms with Gasteiger partial charge in [0.1, 0.15) is 11.6 Å². The number of hydrogen-bond acceptors (Lipinski definition) is 5. The molecule has 3 amide bonds. The van der Waals surface area contributed by atoms with E-state index in [2.05, 4.69) is 13.2 Å². The number of likely N-dealkylation sites (tertiary alicyclic amines) is 1. The molecule has 5 rings (SSSR count). The van der Waals surface area contributed by atoms with Gasteiger partial charge in [0, 0.05) is 31.9 Å². The molecule has 2 aromatic carbocycles. The highest BCUT2D eigenvalue weighted by Gasteiger charge is 2.79. The van der Waals surface area contributed by atoms with Crippen molar-refractivity contribution in [2.45, 2.75) is 69.6 Å². The Bertz CT molecular complexity index is 1430. The number of unbranched alkanes of at least 4 members (excludes halogenated alkanes) is 2. The second-order valence-electron chi connectivity index (χ2n) is 12.4. The zero-order valence-electron chi connectivity index (χ0n) is 26.3. The van der Waals surface area contributed by atoms with Crippen molar-refractivity contribution >= 4 is 40.7 Å². The van der Waals surface area contributed by atoms with Crippen LogP contribution in [0, 0.1) is 18.8 Å². The minimum absolute atomic E-state index is 0.0547. The van der Waals surface area contributed by atoms with Crippen molar-refractivity contribution in [2.24, 2.45) is 11.8 Å². The van der Waals surface area contributed by atoms with Gasteiger partial charge in [-0.3, -0.25) is 14.4 Å². The fourth-order valence-corrected chi connectivity index (χ4v) is 8.27. The number of fused-ring (bicyclic) bond motifs is 1. The van der Waals surface area contributed by atoms with Crippen LogP contribution in [0.25, 0.3) is 0 Å². The van der Waals surface area contributed by atoms with Crippen LogP contribution in [0.3, 0.4) is 0 Å². The van der Waals surface area contributed by atoms with Crippen molar-refractivity contribution in [3.8, 4) is 0 Å². The van der Waals surface area contributed by atoms with E-state index in [1.807, 2.05) is 56.3 Å². The summed E-state index contributed by atoms with van der Waals surface area (Å²) in [5, 5.41) is 9.81. The molecule has 0 saturated carbocycles. The Kier molecular flexibility index (Phi) is 9.87. The number of aliphatic hydroxyl groups is 1. The number of hydrogen-bond donors (Lipinski definition) is 1. The second kappa shape index (κ2) is 13.5. The zero-order chi connectivity index (χ0) is 32.4. The molecule has 2 aromatic rings. The van der Waals surface area contributed by atoms with Crippen LogP contribution >= 0.6 is 11.6 Å². The number of benzene rings is 2. The minimum atomic E-state index is -1.17. The first-order valence-corrected chi connectivity index (χ1v) is 16.3. The van der Waals surface area contributed by atoms with Gasteiger partial charge in [-0.25, -0.2) is 0 Å². The molecule has 9 heteroatoms. The summed E-state index contributed by atoms with van der Waals surface area (Å²) in [5.74, 6) is -2.31. The summed E-state index contributed by atoms with van der Waals surface area (Å²) in [6, 6.07) is 13.9. The molecule has 2 unspecified atom stereocenters. The lowest BCUT2D eigenvalue weighted by molar-refractivity contribution is -0.146. The van der Waals surface area contributed by atoms with Gasteiger partial charge in [0.15, 0.2) is 0 Å². The predicted molar refractivity (Wildman–Crippen MR) is 177 cm³/mol. The summed E-state index contributed by atoms with van der Waals surface area (Å²) in [6.07, 6.45) is 6.82. The van der Waals surface area contributed by atoms with Gasteiger partial charge in [-0.1, -0.05) is 61.0 Å². The maximum absolute atomic E-state index is 14.9. The summed E-state index contributed by atoms with van der Waals surface area (Å²) in [4.78, 5) is 49.2. The second-order valence-corrected chi connectivity index (χ2v) is 12.8. The number of carbonyl (C=O) groups excluding carboxylic acids is 3. The third kappa shape index (κ3) is 5.51. The van der Waals surface area contributed by atoms with E-state index in [0.717, 1.165) is 11.3 Å². The van der Waals surface area contributed by atoms with Gasteiger partial charge in [0.2, 0.25) is 11.8 Å². The molecule has 240 valence electrons. The van der Waals surface area contributed by atoms with Crippen LogP contribution < -0.4 is 9.80 Å². The Morgan fingerprint density at radius 3 is 2.38 bits per heavy atom. The number of rotatable bonds is 14. The van der Waals surface area contributed by atoms with Crippen LogP contribution in [-0.2, 0) is 19.1 Å². The van der Waals surface area contributed by atoms with Crippen LogP contribution in [0.5, 0.6) is 0 Å². The number of amides is 3. The molecule has 2 bridgehead atoms. The van der Waals surface area contributed by atoms with Gasteiger partial charge in [-0.05, 0) is 69.2 Å². The standard InChI is InChI=1S/C36H44ClN3O5/c1-5-21-38(26-16-10-8-11-17-26)32(42)28-29-33(43)40(23-12-9-13-24-41)31(36(29)20-19-35(28,7-3)45-36)34(44)39(22-6-2)30-25(4)15-14-18-27(30)37/h5-6,8,10-11,14-18,28-29,31,41H,1-2,7,9,12-13,19-24H2,3-4H3/t28-,29+,31?,35+,36?/m1/s1. The lowest BCUT2D eigenvalue weighted by Gasteiger charge is -2.37. The van der Waals surface area contributed by atoms with Gasteiger partial charge < -0.3 is 24.5 Å². The molecule has 45 heavy (non-hydrogen) atoms.